The molecule has 0 atom stereocenters. The van der Waals surface area contributed by atoms with E-state index in [9.17, 15) is 8.42 Å². The maximum atomic E-state index is 11.3. The van der Waals surface area contributed by atoms with Crippen LogP contribution in [0.3, 0.4) is 0 Å². The molecule has 0 unspecified atom stereocenters. The minimum absolute atomic E-state index is 0.385. The van der Waals surface area contributed by atoms with Gasteiger partial charge in [0.15, 0.2) is 9.84 Å². The summed E-state index contributed by atoms with van der Waals surface area (Å²) in [5.74, 6) is 0. The van der Waals surface area contributed by atoms with Gasteiger partial charge in [-0.3, -0.25) is 0 Å². The molecule has 0 saturated heterocycles. The maximum Gasteiger partial charge on any atom is 0.175 e. The molecule has 1 N–H and O–H groups in total. The van der Waals surface area contributed by atoms with Crippen molar-refractivity contribution >= 4 is 9.84 Å². The average Bonchev–Trinajstić information content (AvgIpc) is 2.37. The van der Waals surface area contributed by atoms with Crippen molar-refractivity contribution in [3.63, 3.8) is 0 Å². The Morgan fingerprint density at radius 2 is 1.63 bits per heavy atom. The molecule has 108 valence electrons. The van der Waals surface area contributed by atoms with Gasteiger partial charge >= 0.3 is 0 Å². The molecule has 0 radical (unpaired) electrons. The molecule has 19 heavy (non-hydrogen) atoms. The summed E-state index contributed by atoms with van der Waals surface area (Å²) in [5, 5.41) is 3.39. The van der Waals surface area contributed by atoms with Crippen LogP contribution in [0.4, 0.5) is 0 Å². The number of rotatable bonds is 9. The number of unbranched alkanes of at least 4 members (excludes halogenated alkanes) is 4. The first-order valence-corrected chi connectivity index (χ1v) is 8.93. The largest absolute Gasteiger partial charge is 0.313 e. The monoisotopic (exact) mass is 283 g/mol. The van der Waals surface area contributed by atoms with Gasteiger partial charge in [0, 0.05) is 12.8 Å². The smallest absolute Gasteiger partial charge is 0.175 e. The van der Waals surface area contributed by atoms with Gasteiger partial charge in [0.05, 0.1) is 4.90 Å². The zero-order chi connectivity index (χ0) is 14.1. The highest BCUT2D eigenvalue weighted by Gasteiger charge is 2.05. The van der Waals surface area contributed by atoms with E-state index in [1.807, 2.05) is 12.1 Å². The van der Waals surface area contributed by atoms with Crippen LogP contribution < -0.4 is 5.32 Å². The van der Waals surface area contributed by atoms with Crippen LogP contribution in [0.5, 0.6) is 0 Å². The van der Waals surface area contributed by atoms with E-state index in [4.69, 9.17) is 0 Å². The van der Waals surface area contributed by atoms with Gasteiger partial charge in [-0.1, -0.05) is 44.7 Å². The van der Waals surface area contributed by atoms with Gasteiger partial charge in [0.2, 0.25) is 0 Å². The lowest BCUT2D eigenvalue weighted by Crippen LogP contribution is -2.14. The van der Waals surface area contributed by atoms with Gasteiger partial charge in [0.25, 0.3) is 0 Å². The second kappa shape index (κ2) is 8.33. The summed E-state index contributed by atoms with van der Waals surface area (Å²) >= 11 is 0. The van der Waals surface area contributed by atoms with E-state index in [1.54, 1.807) is 12.1 Å². The van der Waals surface area contributed by atoms with Crippen molar-refractivity contribution in [2.24, 2.45) is 0 Å². The summed E-state index contributed by atoms with van der Waals surface area (Å²) < 4.78 is 22.6. The van der Waals surface area contributed by atoms with E-state index in [0.717, 1.165) is 18.7 Å². The van der Waals surface area contributed by atoms with Crippen molar-refractivity contribution in [1.29, 1.82) is 0 Å². The Morgan fingerprint density at radius 1 is 1.00 bits per heavy atom. The Bertz CT molecular complexity index is 452. The second-order valence-corrected chi connectivity index (χ2v) is 7.02. The summed E-state index contributed by atoms with van der Waals surface area (Å²) in [6, 6.07) is 7.10. The highest BCUT2D eigenvalue weighted by molar-refractivity contribution is 7.90. The minimum Gasteiger partial charge on any atom is -0.313 e. The first-order valence-electron chi connectivity index (χ1n) is 7.03. The summed E-state index contributed by atoms with van der Waals surface area (Å²) in [6.07, 6.45) is 7.65. The number of hydrogen-bond acceptors (Lipinski definition) is 3. The fourth-order valence-corrected chi connectivity index (χ4v) is 2.57. The summed E-state index contributed by atoms with van der Waals surface area (Å²) in [5.41, 5.74) is 1.13. The molecule has 0 amide bonds. The molecule has 0 aliphatic rings. The molecule has 0 aliphatic heterocycles. The van der Waals surface area contributed by atoms with Crippen LogP contribution in [0, 0.1) is 0 Å². The normalized spacial score (nSPS) is 11.7. The molecule has 0 heterocycles. The third kappa shape index (κ3) is 6.73. The van der Waals surface area contributed by atoms with Crippen LogP contribution >= 0.6 is 0 Å². The van der Waals surface area contributed by atoms with Crippen LogP contribution in [-0.4, -0.2) is 21.2 Å². The third-order valence-corrected chi connectivity index (χ3v) is 4.27. The van der Waals surface area contributed by atoms with Crippen molar-refractivity contribution in [2.45, 2.75) is 50.5 Å². The van der Waals surface area contributed by atoms with E-state index in [-0.39, 0.29) is 0 Å². The molecule has 3 nitrogen and oxygen atoms in total. The number of nitrogens with one attached hydrogen (secondary N) is 1. The Morgan fingerprint density at radius 3 is 2.21 bits per heavy atom. The molecular formula is C15H25NO2S. The number of hydrogen-bond donors (Lipinski definition) is 1. The van der Waals surface area contributed by atoms with Gasteiger partial charge in [-0.05, 0) is 30.7 Å². The lowest BCUT2D eigenvalue weighted by atomic mass is 10.1. The predicted octanol–water partition coefficient (Wildman–Crippen LogP) is 3.15. The molecule has 1 rings (SSSR count). The van der Waals surface area contributed by atoms with Gasteiger partial charge < -0.3 is 5.32 Å². The van der Waals surface area contributed by atoms with Crippen LogP contribution in [0.25, 0.3) is 0 Å². The zero-order valence-electron chi connectivity index (χ0n) is 12.0. The van der Waals surface area contributed by atoms with Gasteiger partial charge in [-0.2, -0.15) is 0 Å². The Labute approximate surface area is 117 Å². The van der Waals surface area contributed by atoms with Crippen molar-refractivity contribution in [3.05, 3.63) is 29.8 Å². The quantitative estimate of drug-likeness (QED) is 0.708. The first-order chi connectivity index (χ1) is 9.04. The number of benzene rings is 1. The summed E-state index contributed by atoms with van der Waals surface area (Å²) in [4.78, 5) is 0.385. The number of sulfone groups is 1. The van der Waals surface area contributed by atoms with Crippen molar-refractivity contribution < 1.29 is 8.42 Å². The van der Waals surface area contributed by atoms with Gasteiger partial charge in [0.1, 0.15) is 0 Å². The summed E-state index contributed by atoms with van der Waals surface area (Å²) in [7, 11) is -3.08. The standard InChI is InChI=1S/C15H25NO2S/c1-3-4-5-6-7-12-16-13-14-8-10-15(11-9-14)19(2,17)18/h8-11,16H,3-7,12-13H2,1-2H3. The predicted molar refractivity (Wildman–Crippen MR) is 80.0 cm³/mol. The van der Waals surface area contributed by atoms with Crippen LogP contribution in [0.15, 0.2) is 29.2 Å². The van der Waals surface area contributed by atoms with Crippen molar-refractivity contribution in [2.75, 3.05) is 12.8 Å². The first kappa shape index (κ1) is 16.2. The van der Waals surface area contributed by atoms with Gasteiger partial charge in [-0.15, -0.1) is 0 Å². The molecular weight excluding hydrogens is 258 g/mol. The third-order valence-electron chi connectivity index (χ3n) is 3.14. The molecule has 1 aromatic carbocycles. The van der Waals surface area contributed by atoms with Crippen LogP contribution in [-0.2, 0) is 16.4 Å². The highest BCUT2D eigenvalue weighted by Crippen LogP contribution is 2.10. The lowest BCUT2D eigenvalue weighted by molar-refractivity contribution is 0.583. The highest BCUT2D eigenvalue weighted by atomic mass is 32.2. The van der Waals surface area contributed by atoms with E-state index in [0.29, 0.717) is 4.90 Å². The minimum atomic E-state index is -3.08. The SMILES string of the molecule is CCCCCCCNCc1ccc(S(C)(=O)=O)cc1. The lowest BCUT2D eigenvalue weighted by Gasteiger charge is -2.06. The molecule has 0 bridgehead atoms. The summed E-state index contributed by atoms with van der Waals surface area (Å²) in [6.45, 7) is 4.05. The molecule has 0 aliphatic carbocycles. The molecule has 0 saturated carbocycles. The zero-order valence-corrected chi connectivity index (χ0v) is 12.8. The van der Waals surface area contributed by atoms with E-state index in [2.05, 4.69) is 12.2 Å². The van der Waals surface area contributed by atoms with Crippen molar-refractivity contribution in [3.8, 4) is 0 Å². The molecule has 0 spiro atoms. The molecule has 0 fully saturated rings. The topological polar surface area (TPSA) is 46.2 Å². The van der Waals surface area contributed by atoms with Crippen LogP contribution in [0.2, 0.25) is 0 Å². The molecule has 4 heteroatoms. The second-order valence-electron chi connectivity index (χ2n) is 5.01. The fraction of sp³-hybridized carbons (Fsp3) is 0.600. The van der Waals surface area contributed by atoms with Crippen LogP contribution in [0.1, 0.15) is 44.6 Å². The Balaban J connectivity index is 2.23. The van der Waals surface area contributed by atoms with E-state index in [1.165, 1.54) is 38.4 Å². The fourth-order valence-electron chi connectivity index (χ4n) is 1.94. The van der Waals surface area contributed by atoms with Gasteiger partial charge in [-0.25, -0.2) is 8.42 Å². The molecule has 0 aromatic heterocycles. The van der Waals surface area contributed by atoms with E-state index < -0.39 is 9.84 Å². The Hall–Kier alpha value is -0.870. The maximum absolute atomic E-state index is 11.3. The Kier molecular flexibility index (Phi) is 7.10. The molecule has 1 aromatic rings. The average molecular weight is 283 g/mol. The van der Waals surface area contributed by atoms with E-state index >= 15 is 0 Å². The van der Waals surface area contributed by atoms with Crippen molar-refractivity contribution in [1.82, 2.24) is 5.32 Å².